The standard InChI is InChI=1S/C21H24FN7O3/c1-23-18-9-17(25-14-4-3-7-28(21(14)31)15-8-12(15)22)27-19-11(10-24-29(18)19)20(30)26-13-5-6-16(13)32-2/h3-4,7,9-10,12-13,15-16,23H,5-6,8H2,1-2H3,(H,25,27)(H,26,30). The van der Waals surface area contributed by atoms with Crippen molar-refractivity contribution >= 4 is 28.9 Å². The van der Waals surface area contributed by atoms with Gasteiger partial charge in [-0.05, 0) is 25.0 Å². The summed E-state index contributed by atoms with van der Waals surface area (Å²) in [5.41, 5.74) is 0.601. The number of fused-ring (bicyclic) bond motifs is 1. The van der Waals surface area contributed by atoms with Crippen molar-refractivity contribution in [2.45, 2.75) is 43.6 Å². The third-order valence-corrected chi connectivity index (χ3v) is 6.08. The molecule has 4 atom stereocenters. The van der Waals surface area contributed by atoms with Crippen molar-refractivity contribution in [2.75, 3.05) is 24.8 Å². The second-order valence-electron chi connectivity index (χ2n) is 8.08. The number of aromatic nitrogens is 4. The van der Waals surface area contributed by atoms with Crippen molar-refractivity contribution in [3.8, 4) is 0 Å². The zero-order chi connectivity index (χ0) is 22.4. The molecule has 4 unspecified atom stereocenters. The topological polar surface area (TPSA) is 115 Å². The van der Waals surface area contributed by atoms with E-state index in [0.29, 0.717) is 29.3 Å². The summed E-state index contributed by atoms with van der Waals surface area (Å²) in [5, 5.41) is 13.3. The Hall–Kier alpha value is -3.47. The molecule has 0 aliphatic heterocycles. The average molecular weight is 441 g/mol. The van der Waals surface area contributed by atoms with Crippen LogP contribution in [-0.2, 0) is 4.74 Å². The first kappa shape index (κ1) is 20.4. The summed E-state index contributed by atoms with van der Waals surface area (Å²) in [4.78, 5) is 30.2. The number of halogens is 1. The third-order valence-electron chi connectivity index (χ3n) is 6.08. The Kier molecular flexibility index (Phi) is 5.04. The Morgan fingerprint density at radius 2 is 2.16 bits per heavy atom. The molecule has 10 nitrogen and oxygen atoms in total. The minimum atomic E-state index is -0.991. The number of nitrogens with one attached hydrogen (secondary N) is 3. The first-order valence-electron chi connectivity index (χ1n) is 10.5. The van der Waals surface area contributed by atoms with E-state index in [9.17, 15) is 14.0 Å². The van der Waals surface area contributed by atoms with Gasteiger partial charge in [0.25, 0.3) is 11.5 Å². The van der Waals surface area contributed by atoms with Gasteiger partial charge in [0.1, 0.15) is 29.1 Å². The fourth-order valence-corrected chi connectivity index (χ4v) is 3.97. The SMILES string of the molecule is CNc1cc(Nc2cccn(C3CC3F)c2=O)nc2c(C(=O)NC3CCC3OC)cnn12. The van der Waals surface area contributed by atoms with Crippen LogP contribution < -0.4 is 21.5 Å². The summed E-state index contributed by atoms with van der Waals surface area (Å²) in [6.07, 6.45) is 4.17. The highest BCUT2D eigenvalue weighted by Gasteiger charge is 2.40. The smallest absolute Gasteiger partial charge is 0.274 e. The van der Waals surface area contributed by atoms with Crippen LogP contribution >= 0.6 is 0 Å². The molecule has 5 rings (SSSR count). The Bertz CT molecular complexity index is 1240. The summed E-state index contributed by atoms with van der Waals surface area (Å²) >= 11 is 0. The van der Waals surface area contributed by atoms with Crippen molar-refractivity contribution in [1.82, 2.24) is 24.5 Å². The summed E-state index contributed by atoms with van der Waals surface area (Å²) in [6, 6.07) is 4.53. The fraction of sp³-hybridized carbons (Fsp3) is 0.429. The van der Waals surface area contributed by atoms with Crippen LogP contribution in [0.3, 0.4) is 0 Å². The molecule has 2 saturated carbocycles. The van der Waals surface area contributed by atoms with E-state index in [2.05, 4.69) is 26.0 Å². The van der Waals surface area contributed by atoms with E-state index >= 15 is 0 Å². The van der Waals surface area contributed by atoms with Crippen molar-refractivity contribution in [3.05, 3.63) is 46.5 Å². The average Bonchev–Trinajstić information content (AvgIpc) is 3.33. The molecule has 32 heavy (non-hydrogen) atoms. The molecule has 2 aliphatic rings. The molecule has 3 heterocycles. The van der Waals surface area contributed by atoms with Crippen LogP contribution in [0.25, 0.3) is 5.65 Å². The van der Waals surface area contributed by atoms with Gasteiger partial charge in [-0.1, -0.05) is 0 Å². The number of alkyl halides is 1. The molecule has 3 N–H and O–H groups in total. The van der Waals surface area contributed by atoms with Gasteiger partial charge in [0.15, 0.2) is 5.65 Å². The van der Waals surface area contributed by atoms with E-state index < -0.39 is 12.2 Å². The number of rotatable bonds is 7. The normalized spacial score (nSPS) is 24.1. The second-order valence-corrected chi connectivity index (χ2v) is 8.08. The lowest BCUT2D eigenvalue weighted by atomic mass is 9.89. The van der Waals surface area contributed by atoms with E-state index in [1.54, 1.807) is 38.6 Å². The molecule has 3 aromatic heterocycles. The number of nitrogens with zero attached hydrogens (tertiary/aromatic N) is 4. The highest BCUT2D eigenvalue weighted by Crippen LogP contribution is 2.37. The maximum Gasteiger partial charge on any atom is 0.274 e. The molecule has 0 radical (unpaired) electrons. The molecule has 2 aliphatic carbocycles. The third kappa shape index (κ3) is 3.48. The Morgan fingerprint density at radius 1 is 1.34 bits per heavy atom. The summed E-state index contributed by atoms with van der Waals surface area (Å²) in [6.45, 7) is 0. The fourth-order valence-electron chi connectivity index (χ4n) is 3.97. The zero-order valence-electron chi connectivity index (χ0n) is 17.7. The van der Waals surface area contributed by atoms with Crippen LogP contribution in [0.5, 0.6) is 0 Å². The van der Waals surface area contributed by atoms with E-state index in [1.807, 2.05) is 0 Å². The van der Waals surface area contributed by atoms with Crippen molar-refractivity contribution < 1.29 is 13.9 Å². The number of carbonyl (C=O) groups excluding carboxylic acids is 1. The number of hydrogen-bond donors (Lipinski definition) is 3. The number of amides is 1. The van der Waals surface area contributed by atoms with Gasteiger partial charge in [-0.3, -0.25) is 9.59 Å². The maximum absolute atomic E-state index is 13.5. The van der Waals surface area contributed by atoms with Gasteiger partial charge in [0.2, 0.25) is 0 Å². The molecule has 0 spiro atoms. The molecule has 0 saturated heterocycles. The van der Waals surface area contributed by atoms with Gasteiger partial charge >= 0.3 is 0 Å². The van der Waals surface area contributed by atoms with Gasteiger partial charge in [-0.2, -0.15) is 9.61 Å². The highest BCUT2D eigenvalue weighted by atomic mass is 19.1. The molecule has 11 heteroatoms. The maximum atomic E-state index is 13.5. The predicted molar refractivity (Wildman–Crippen MR) is 116 cm³/mol. The molecular weight excluding hydrogens is 417 g/mol. The van der Waals surface area contributed by atoms with E-state index in [-0.39, 0.29) is 29.3 Å². The van der Waals surface area contributed by atoms with E-state index in [4.69, 9.17) is 4.74 Å². The van der Waals surface area contributed by atoms with Gasteiger partial charge in [0.05, 0.1) is 24.4 Å². The number of ether oxygens (including phenoxy) is 1. The van der Waals surface area contributed by atoms with Gasteiger partial charge in [-0.25, -0.2) is 9.37 Å². The number of pyridine rings is 1. The van der Waals surface area contributed by atoms with Crippen LogP contribution in [0, 0.1) is 0 Å². The first-order valence-corrected chi connectivity index (χ1v) is 10.5. The quantitative estimate of drug-likeness (QED) is 0.513. The lowest BCUT2D eigenvalue weighted by Gasteiger charge is -2.35. The van der Waals surface area contributed by atoms with E-state index in [0.717, 1.165) is 12.8 Å². The number of hydrogen-bond acceptors (Lipinski definition) is 7. The lowest BCUT2D eigenvalue weighted by molar-refractivity contribution is 0.00732. The van der Waals surface area contributed by atoms with Gasteiger partial charge in [-0.15, -0.1) is 0 Å². The van der Waals surface area contributed by atoms with Crippen LogP contribution in [0.2, 0.25) is 0 Å². The second kappa shape index (κ2) is 7.90. The van der Waals surface area contributed by atoms with Crippen LogP contribution in [0.4, 0.5) is 21.7 Å². The predicted octanol–water partition coefficient (Wildman–Crippen LogP) is 1.87. The summed E-state index contributed by atoms with van der Waals surface area (Å²) in [7, 11) is 3.35. The first-order chi connectivity index (χ1) is 15.5. The highest BCUT2D eigenvalue weighted by molar-refractivity contribution is 6.00. The van der Waals surface area contributed by atoms with Gasteiger partial charge in [0, 0.05) is 32.8 Å². The lowest BCUT2D eigenvalue weighted by Crippen LogP contribution is -2.51. The molecule has 1 amide bonds. The minimum Gasteiger partial charge on any atom is -0.379 e. The molecule has 0 bridgehead atoms. The molecule has 3 aromatic rings. The van der Waals surface area contributed by atoms with Gasteiger partial charge < -0.3 is 25.3 Å². The Labute approximate surface area is 182 Å². The van der Waals surface area contributed by atoms with Crippen LogP contribution in [-0.4, -0.2) is 57.5 Å². The Morgan fingerprint density at radius 3 is 2.81 bits per heavy atom. The zero-order valence-corrected chi connectivity index (χ0v) is 17.7. The monoisotopic (exact) mass is 441 g/mol. The summed E-state index contributed by atoms with van der Waals surface area (Å²) < 4.78 is 21.7. The number of anilines is 3. The Balaban J connectivity index is 1.46. The molecule has 168 valence electrons. The minimum absolute atomic E-state index is 0.00878. The van der Waals surface area contributed by atoms with E-state index in [1.165, 1.54) is 15.3 Å². The number of carbonyl (C=O) groups is 1. The van der Waals surface area contributed by atoms with Crippen molar-refractivity contribution in [2.24, 2.45) is 0 Å². The van der Waals surface area contributed by atoms with Crippen LogP contribution in [0.15, 0.2) is 35.4 Å². The summed E-state index contributed by atoms with van der Waals surface area (Å²) in [5.74, 6) is 0.651. The molecular formula is C21H24FN7O3. The van der Waals surface area contributed by atoms with Crippen LogP contribution in [0.1, 0.15) is 35.7 Å². The van der Waals surface area contributed by atoms with Crippen molar-refractivity contribution in [1.29, 1.82) is 0 Å². The molecule has 0 aromatic carbocycles. The number of methoxy groups -OCH3 is 1. The largest absolute Gasteiger partial charge is 0.379 e. The molecule has 2 fully saturated rings. The van der Waals surface area contributed by atoms with Crippen molar-refractivity contribution in [3.63, 3.8) is 0 Å².